The summed E-state index contributed by atoms with van der Waals surface area (Å²) in [6.45, 7) is 3.37. The average molecular weight is 582 g/mol. The van der Waals surface area contributed by atoms with Crippen molar-refractivity contribution in [3.05, 3.63) is 42.6 Å². The van der Waals surface area contributed by atoms with Crippen LogP contribution >= 0.6 is 0 Å². The second-order valence-electron chi connectivity index (χ2n) is 10.7. The summed E-state index contributed by atoms with van der Waals surface area (Å²) in [5.74, 6) is 1.51. The van der Waals surface area contributed by atoms with E-state index in [2.05, 4.69) is 41.9 Å². The van der Waals surface area contributed by atoms with Crippen LogP contribution in [-0.2, 0) is 14.8 Å². The molecular weight excluding hydrogens is 546 g/mol. The number of piperidine rings is 2. The quantitative estimate of drug-likeness (QED) is 0.438. The number of allylic oxidation sites excluding steroid dienone is 1. The molecule has 2 N–H and O–H groups in total. The molecule has 2 aromatic heterocycles. The summed E-state index contributed by atoms with van der Waals surface area (Å²) in [6.07, 6.45) is 11.1. The van der Waals surface area contributed by atoms with Gasteiger partial charge in [0.1, 0.15) is 5.69 Å². The van der Waals surface area contributed by atoms with Crippen LogP contribution in [0.5, 0.6) is 0 Å². The molecule has 8 heterocycles. The van der Waals surface area contributed by atoms with Gasteiger partial charge >= 0.3 is 0 Å². The number of aromatic nitrogens is 4. The fraction of sp³-hybridized carbons (Fsp3) is 0.500. The normalized spacial score (nSPS) is 22.2. The van der Waals surface area contributed by atoms with Gasteiger partial charge in [-0.2, -0.15) is 0 Å². The number of nitrogens with zero attached hydrogens (tertiary/aromatic N) is 6. The van der Waals surface area contributed by atoms with Gasteiger partial charge in [-0.1, -0.05) is 12.2 Å². The number of anilines is 3. The topological polar surface area (TPSA) is 147 Å². The first kappa shape index (κ1) is 27.6. The van der Waals surface area contributed by atoms with E-state index in [1.165, 1.54) is 0 Å². The molecule has 6 aliphatic heterocycles. The van der Waals surface area contributed by atoms with Gasteiger partial charge < -0.3 is 24.1 Å². The first-order valence-corrected chi connectivity index (χ1v) is 15.8. The largest absolute Gasteiger partial charge is 0.415 e. The van der Waals surface area contributed by atoms with Crippen LogP contribution in [0.1, 0.15) is 32.1 Å². The monoisotopic (exact) mass is 581 g/mol. The number of benzene rings is 1. The summed E-state index contributed by atoms with van der Waals surface area (Å²) in [5.41, 5.74) is 2.42. The van der Waals surface area contributed by atoms with Gasteiger partial charge in [0, 0.05) is 32.4 Å². The molecule has 6 aliphatic rings. The predicted octanol–water partition coefficient (Wildman–Crippen LogP) is 3.09. The molecule has 0 unspecified atom stereocenters. The zero-order chi connectivity index (χ0) is 28.2. The van der Waals surface area contributed by atoms with E-state index in [-0.39, 0.29) is 11.9 Å². The van der Waals surface area contributed by atoms with Crippen molar-refractivity contribution in [2.75, 3.05) is 59.7 Å². The van der Waals surface area contributed by atoms with Gasteiger partial charge in [-0.05, 0) is 62.3 Å². The summed E-state index contributed by atoms with van der Waals surface area (Å²) < 4.78 is 39.6. The average Bonchev–Trinajstić information content (AvgIpc) is 3.47. The number of hydrogen-bond donors (Lipinski definition) is 2. The molecular formula is C28H35N7O5S. The number of sulfonamides is 1. The smallest absolute Gasteiger partial charge is 0.266 e. The van der Waals surface area contributed by atoms with Gasteiger partial charge in [0.25, 0.3) is 5.89 Å². The third-order valence-corrected chi connectivity index (χ3v) is 9.16. The van der Waals surface area contributed by atoms with Crippen molar-refractivity contribution >= 4 is 27.3 Å². The van der Waals surface area contributed by atoms with E-state index in [1.54, 1.807) is 30.5 Å². The number of rotatable bonds is 4. The lowest BCUT2D eigenvalue weighted by Gasteiger charge is -2.34. The molecule has 3 aromatic rings. The Balaban J connectivity index is 1.35. The van der Waals surface area contributed by atoms with Crippen molar-refractivity contribution in [1.82, 2.24) is 20.2 Å². The van der Waals surface area contributed by atoms with Crippen molar-refractivity contribution in [1.29, 1.82) is 0 Å². The van der Waals surface area contributed by atoms with Crippen molar-refractivity contribution in [2.24, 2.45) is 5.92 Å². The minimum absolute atomic E-state index is 0.155. The van der Waals surface area contributed by atoms with Crippen LogP contribution in [0, 0.1) is 5.92 Å². The first-order chi connectivity index (χ1) is 20.0. The Kier molecular flexibility index (Phi) is 8.17. The van der Waals surface area contributed by atoms with Gasteiger partial charge in [-0.15, -0.1) is 10.2 Å². The number of ether oxygens (including phenoxy) is 1. The molecule has 0 aliphatic carbocycles. The Bertz CT molecular complexity index is 1480. The van der Waals surface area contributed by atoms with E-state index in [1.807, 2.05) is 0 Å². The van der Waals surface area contributed by atoms with E-state index in [9.17, 15) is 8.42 Å². The zero-order valence-electron chi connectivity index (χ0n) is 22.9. The lowest BCUT2D eigenvalue weighted by atomic mass is 9.93. The molecule has 41 heavy (non-hydrogen) atoms. The number of aliphatic hydroxyl groups is 1. The molecule has 2 fully saturated rings. The maximum Gasteiger partial charge on any atom is 0.266 e. The number of hydrogen-bond acceptors (Lipinski definition) is 11. The molecule has 218 valence electrons. The fourth-order valence-electron chi connectivity index (χ4n) is 5.62. The van der Waals surface area contributed by atoms with Gasteiger partial charge in [0.05, 0.1) is 42.0 Å². The molecule has 2 saturated heterocycles. The SMILES string of the molecule is O=S(=O)(CCO)Nc1ccc2c(c1)N1CCC(CC1)OC/C=C\CC1CCN(CC1)c1nccc(n1)-c1nnc-2o1. The van der Waals surface area contributed by atoms with Gasteiger partial charge in [-0.25, -0.2) is 18.4 Å². The van der Waals surface area contributed by atoms with Crippen LogP contribution in [0.4, 0.5) is 17.3 Å². The maximum absolute atomic E-state index is 12.4. The standard InChI is InChI=1S/C28H35N7O5S/c36-16-18-41(37,38)33-21-4-5-23-25(19-21)34-14-9-22(10-15-34)39-17-2-1-3-20-7-12-35(13-8-20)28-29-11-6-24(30-28)27-32-31-26(23)40-27/h1-2,4-6,11,19-20,22,33,36H,3,7-10,12-18H2/b2-1-. The molecule has 0 radical (unpaired) electrons. The Morgan fingerprint density at radius 3 is 2.56 bits per heavy atom. The highest BCUT2D eigenvalue weighted by molar-refractivity contribution is 7.92. The maximum atomic E-state index is 12.4. The van der Waals surface area contributed by atoms with Crippen LogP contribution < -0.4 is 14.5 Å². The van der Waals surface area contributed by atoms with E-state index < -0.39 is 16.6 Å². The van der Waals surface area contributed by atoms with Crippen molar-refractivity contribution in [3.63, 3.8) is 0 Å². The Morgan fingerprint density at radius 1 is 0.976 bits per heavy atom. The van der Waals surface area contributed by atoms with Gasteiger partial charge in [0.2, 0.25) is 21.9 Å². The molecule has 9 rings (SSSR count). The lowest BCUT2D eigenvalue weighted by Crippen LogP contribution is -2.37. The number of aliphatic hydroxyl groups excluding tert-OH is 1. The van der Waals surface area contributed by atoms with Crippen LogP contribution in [-0.4, -0.2) is 84.9 Å². The van der Waals surface area contributed by atoms with E-state index in [0.29, 0.717) is 47.2 Å². The van der Waals surface area contributed by atoms with Crippen LogP contribution in [0.15, 0.2) is 47.0 Å². The summed E-state index contributed by atoms with van der Waals surface area (Å²) in [6, 6.07) is 6.98. The Hall–Kier alpha value is -3.55. The van der Waals surface area contributed by atoms with Crippen LogP contribution in [0.25, 0.3) is 23.0 Å². The molecule has 13 heteroatoms. The van der Waals surface area contributed by atoms with Crippen LogP contribution in [0.3, 0.4) is 0 Å². The molecule has 12 nitrogen and oxygen atoms in total. The van der Waals surface area contributed by atoms with Crippen molar-refractivity contribution < 1.29 is 22.7 Å². The molecule has 0 spiro atoms. The van der Waals surface area contributed by atoms with Crippen LogP contribution in [0.2, 0.25) is 0 Å². The fourth-order valence-corrected chi connectivity index (χ4v) is 6.45. The highest BCUT2D eigenvalue weighted by atomic mass is 32.2. The van der Waals surface area contributed by atoms with Crippen molar-refractivity contribution in [2.45, 2.75) is 38.2 Å². The summed E-state index contributed by atoms with van der Waals surface area (Å²) in [7, 11) is -3.69. The first-order valence-electron chi connectivity index (χ1n) is 14.2. The second kappa shape index (κ2) is 12.1. The minimum Gasteiger partial charge on any atom is -0.415 e. The summed E-state index contributed by atoms with van der Waals surface area (Å²) in [5, 5.41) is 17.8. The summed E-state index contributed by atoms with van der Waals surface area (Å²) in [4.78, 5) is 13.6. The van der Waals surface area contributed by atoms with E-state index in [0.717, 1.165) is 64.0 Å². The zero-order valence-corrected chi connectivity index (χ0v) is 23.7. The molecule has 0 amide bonds. The minimum atomic E-state index is -3.69. The summed E-state index contributed by atoms with van der Waals surface area (Å²) >= 11 is 0. The molecule has 8 bridgehead atoms. The van der Waals surface area contributed by atoms with E-state index >= 15 is 0 Å². The van der Waals surface area contributed by atoms with Gasteiger partial charge in [-0.3, -0.25) is 4.72 Å². The van der Waals surface area contributed by atoms with Gasteiger partial charge in [0.15, 0.2) is 0 Å². The van der Waals surface area contributed by atoms with Crippen molar-refractivity contribution in [3.8, 4) is 23.0 Å². The third-order valence-electron chi connectivity index (χ3n) is 7.89. The number of nitrogens with one attached hydrogen (secondary N) is 1. The highest BCUT2D eigenvalue weighted by Crippen LogP contribution is 2.36. The third kappa shape index (κ3) is 6.52. The molecule has 1 aromatic carbocycles. The molecule has 0 saturated carbocycles. The second-order valence-corrected chi connectivity index (χ2v) is 12.5. The Morgan fingerprint density at radius 2 is 1.76 bits per heavy atom. The highest BCUT2D eigenvalue weighted by Gasteiger charge is 2.26. The van der Waals surface area contributed by atoms with E-state index in [4.69, 9.17) is 19.2 Å². The lowest BCUT2D eigenvalue weighted by molar-refractivity contribution is 0.0561. The predicted molar refractivity (Wildman–Crippen MR) is 155 cm³/mol. The molecule has 0 atom stereocenters. The Labute approximate surface area is 239 Å².